The fraction of sp³-hybridized carbons (Fsp3) is 0.481. The monoisotopic (exact) mass is 464 g/mol. The van der Waals surface area contributed by atoms with E-state index in [9.17, 15) is 4.79 Å². The summed E-state index contributed by atoms with van der Waals surface area (Å²) in [4.78, 5) is 19.3. The Balaban J connectivity index is 1.40. The first-order valence-corrected chi connectivity index (χ1v) is 13.1. The van der Waals surface area contributed by atoms with Crippen molar-refractivity contribution < 1.29 is 4.79 Å². The fourth-order valence-electron chi connectivity index (χ4n) is 5.15. The highest BCUT2D eigenvalue weighted by atomic mass is 32.2. The number of hydrogen-bond acceptors (Lipinski definition) is 4. The van der Waals surface area contributed by atoms with Crippen LogP contribution in [-0.4, -0.2) is 41.8 Å². The number of unbranched alkanes of at least 4 members (excludes halogenated alkanes) is 2. The Bertz CT molecular complexity index is 966. The first kappa shape index (κ1) is 23.8. The number of anilines is 1. The smallest absolute Gasteiger partial charge is 0.245 e. The summed E-state index contributed by atoms with van der Waals surface area (Å²) in [6, 6.07) is 17.1. The van der Waals surface area contributed by atoms with Gasteiger partial charge < -0.3 is 10.6 Å². The summed E-state index contributed by atoms with van der Waals surface area (Å²) in [7, 11) is 0. The van der Waals surface area contributed by atoms with Gasteiger partial charge in [0.15, 0.2) is 0 Å². The van der Waals surface area contributed by atoms with Crippen molar-refractivity contribution in [1.82, 2.24) is 4.90 Å². The molecule has 1 saturated heterocycles. The van der Waals surface area contributed by atoms with Crippen molar-refractivity contribution in [2.75, 3.05) is 18.0 Å². The number of carbonyl (C=O) groups is 1. The van der Waals surface area contributed by atoms with Gasteiger partial charge in [0.05, 0.1) is 5.69 Å². The number of nitrogens with zero attached hydrogens (tertiary/aromatic N) is 2. The quantitative estimate of drug-likeness (QED) is 0.304. The zero-order chi connectivity index (χ0) is 23.4. The van der Waals surface area contributed by atoms with Crippen LogP contribution in [0.4, 0.5) is 5.69 Å². The van der Waals surface area contributed by atoms with Gasteiger partial charge in [0.1, 0.15) is 11.1 Å². The average Bonchev–Trinajstić information content (AvgIpc) is 2.81. The largest absolute Gasteiger partial charge is 0.384 e. The molecular formula is C27H36N4OS. The molecule has 3 unspecified atom stereocenters. The zero-order valence-corrected chi connectivity index (χ0v) is 20.6. The molecule has 6 heteroatoms. The van der Waals surface area contributed by atoms with Crippen LogP contribution >= 0.6 is 11.8 Å². The van der Waals surface area contributed by atoms with Crippen LogP contribution in [0.15, 0.2) is 53.4 Å². The predicted molar refractivity (Wildman–Crippen MR) is 138 cm³/mol. The van der Waals surface area contributed by atoms with Gasteiger partial charge in [-0.05, 0) is 63.8 Å². The lowest BCUT2D eigenvalue weighted by Crippen LogP contribution is -2.44. The van der Waals surface area contributed by atoms with Crippen LogP contribution in [0.5, 0.6) is 0 Å². The van der Waals surface area contributed by atoms with Crippen LogP contribution in [0.1, 0.15) is 68.7 Å². The number of para-hydroxylation sites is 1. The molecule has 2 aromatic rings. The Morgan fingerprint density at radius 1 is 1.00 bits per heavy atom. The number of nitrogens with one attached hydrogen (secondary N) is 1. The molecule has 2 aromatic carbocycles. The van der Waals surface area contributed by atoms with Gasteiger partial charge in [-0.3, -0.25) is 15.1 Å². The molecule has 3 atom stereocenters. The highest BCUT2D eigenvalue weighted by Gasteiger charge is 2.34. The van der Waals surface area contributed by atoms with Crippen molar-refractivity contribution >= 4 is 29.2 Å². The van der Waals surface area contributed by atoms with Crippen LogP contribution in [-0.2, 0) is 4.79 Å². The fourth-order valence-corrected chi connectivity index (χ4v) is 6.38. The van der Waals surface area contributed by atoms with Gasteiger partial charge in [-0.25, -0.2) is 0 Å². The molecule has 0 aliphatic carbocycles. The highest BCUT2D eigenvalue weighted by Crippen LogP contribution is 2.46. The molecule has 3 N–H and O–H groups in total. The third-order valence-electron chi connectivity index (χ3n) is 7.09. The van der Waals surface area contributed by atoms with E-state index in [1.807, 2.05) is 41.3 Å². The number of nitrogens with two attached hydrogens (primary N) is 1. The SMILES string of the molecule is CC1CCCC(C)N1CCCCCN1C(=O)C(c2ccc(C(=N)N)cc2)Sc2ccccc21. The van der Waals surface area contributed by atoms with Gasteiger partial charge in [0, 0.05) is 29.1 Å². The minimum Gasteiger partial charge on any atom is -0.384 e. The van der Waals surface area contributed by atoms with Crippen molar-refractivity contribution in [3.63, 3.8) is 0 Å². The van der Waals surface area contributed by atoms with E-state index in [4.69, 9.17) is 11.1 Å². The van der Waals surface area contributed by atoms with E-state index in [2.05, 4.69) is 30.9 Å². The number of thioether (sulfide) groups is 1. The number of piperidine rings is 1. The lowest BCUT2D eigenvalue weighted by molar-refractivity contribution is -0.118. The third-order valence-corrected chi connectivity index (χ3v) is 8.40. The molecule has 0 aromatic heterocycles. The van der Waals surface area contributed by atoms with E-state index in [-0.39, 0.29) is 17.0 Å². The van der Waals surface area contributed by atoms with Gasteiger partial charge in [0.2, 0.25) is 5.91 Å². The average molecular weight is 465 g/mol. The molecule has 2 aliphatic rings. The van der Waals surface area contributed by atoms with E-state index >= 15 is 0 Å². The second-order valence-electron chi connectivity index (χ2n) is 9.42. The van der Waals surface area contributed by atoms with Crippen LogP contribution in [0, 0.1) is 5.41 Å². The molecule has 0 radical (unpaired) electrons. The van der Waals surface area contributed by atoms with Crippen LogP contribution in [0.25, 0.3) is 0 Å². The maximum Gasteiger partial charge on any atom is 0.245 e. The second-order valence-corrected chi connectivity index (χ2v) is 10.6. The Hall–Kier alpha value is -2.31. The van der Waals surface area contributed by atoms with E-state index in [1.54, 1.807) is 11.8 Å². The van der Waals surface area contributed by atoms with E-state index in [0.717, 1.165) is 42.1 Å². The molecular weight excluding hydrogens is 428 g/mol. The summed E-state index contributed by atoms with van der Waals surface area (Å²) < 4.78 is 0. The third kappa shape index (κ3) is 5.44. The van der Waals surface area contributed by atoms with Crippen LogP contribution in [0.2, 0.25) is 0 Å². The van der Waals surface area contributed by atoms with E-state index in [1.165, 1.54) is 25.7 Å². The van der Waals surface area contributed by atoms with Crippen molar-refractivity contribution in [3.05, 3.63) is 59.7 Å². The maximum absolute atomic E-state index is 13.5. The maximum atomic E-state index is 13.5. The molecule has 2 heterocycles. The molecule has 33 heavy (non-hydrogen) atoms. The molecule has 2 aliphatic heterocycles. The Morgan fingerprint density at radius 2 is 1.67 bits per heavy atom. The summed E-state index contributed by atoms with van der Waals surface area (Å²) in [5.41, 5.74) is 8.27. The molecule has 176 valence electrons. The normalized spacial score (nSPS) is 23.4. The summed E-state index contributed by atoms with van der Waals surface area (Å²) >= 11 is 1.62. The topological polar surface area (TPSA) is 73.4 Å². The molecule has 1 fully saturated rings. The number of fused-ring (bicyclic) bond motifs is 1. The lowest BCUT2D eigenvalue weighted by atomic mass is 9.97. The van der Waals surface area contributed by atoms with Gasteiger partial charge in [-0.2, -0.15) is 0 Å². The molecule has 1 amide bonds. The minimum absolute atomic E-state index is 0.0458. The number of amides is 1. The molecule has 0 spiro atoms. The first-order valence-electron chi connectivity index (χ1n) is 12.2. The summed E-state index contributed by atoms with van der Waals surface area (Å²) in [6.07, 6.45) is 7.31. The number of hydrogen-bond donors (Lipinski definition) is 2. The first-order chi connectivity index (χ1) is 16.0. The number of likely N-dealkylation sites (tertiary alicyclic amines) is 1. The lowest BCUT2D eigenvalue weighted by Gasteiger charge is -2.39. The Morgan fingerprint density at radius 3 is 2.36 bits per heavy atom. The molecule has 4 rings (SSSR count). The van der Waals surface area contributed by atoms with E-state index < -0.39 is 0 Å². The number of rotatable bonds is 8. The summed E-state index contributed by atoms with van der Waals surface area (Å²) in [5.74, 6) is 0.192. The van der Waals surface area contributed by atoms with Crippen molar-refractivity contribution in [3.8, 4) is 0 Å². The molecule has 0 bridgehead atoms. The standard InChI is InChI=1S/C27H36N4OS/c1-19-9-8-10-20(2)30(19)17-6-3-7-18-31-23-11-4-5-12-24(23)33-25(27(31)32)21-13-15-22(16-14-21)26(28)29/h4-5,11-16,19-20,25H,3,6-10,17-18H2,1-2H3,(H3,28,29). The minimum atomic E-state index is -0.268. The van der Waals surface area contributed by atoms with Crippen LogP contribution in [0.3, 0.4) is 0 Å². The molecule has 5 nitrogen and oxygen atoms in total. The Labute approximate surface area is 202 Å². The number of amidine groups is 1. The number of benzene rings is 2. The van der Waals surface area contributed by atoms with Gasteiger partial charge in [-0.1, -0.05) is 49.2 Å². The highest BCUT2D eigenvalue weighted by molar-refractivity contribution is 8.00. The van der Waals surface area contributed by atoms with E-state index in [0.29, 0.717) is 17.6 Å². The van der Waals surface area contributed by atoms with Crippen molar-refractivity contribution in [1.29, 1.82) is 5.41 Å². The van der Waals surface area contributed by atoms with Crippen molar-refractivity contribution in [2.24, 2.45) is 5.73 Å². The van der Waals surface area contributed by atoms with Gasteiger partial charge in [-0.15, -0.1) is 11.8 Å². The number of nitrogen functional groups attached to an aromatic ring is 1. The number of carbonyl (C=O) groups excluding carboxylic acids is 1. The zero-order valence-electron chi connectivity index (χ0n) is 19.8. The van der Waals surface area contributed by atoms with Crippen LogP contribution < -0.4 is 10.6 Å². The van der Waals surface area contributed by atoms with Gasteiger partial charge >= 0.3 is 0 Å². The second kappa shape index (κ2) is 10.7. The molecule has 0 saturated carbocycles. The van der Waals surface area contributed by atoms with Gasteiger partial charge in [0.25, 0.3) is 0 Å². The van der Waals surface area contributed by atoms with Crippen molar-refractivity contribution in [2.45, 2.75) is 74.6 Å². The Kier molecular flexibility index (Phi) is 7.76. The summed E-state index contributed by atoms with van der Waals surface area (Å²) in [6.45, 7) is 6.64. The summed E-state index contributed by atoms with van der Waals surface area (Å²) in [5, 5.41) is 7.34. The predicted octanol–water partition coefficient (Wildman–Crippen LogP) is 5.58.